The maximum Gasteiger partial charge on any atom is 0.0645 e. The van der Waals surface area contributed by atoms with Crippen LogP contribution in [0.3, 0.4) is 0 Å². The molecule has 1 rings (SSSR count). The average Bonchev–Trinajstić information content (AvgIpc) is 2.06. The van der Waals surface area contributed by atoms with Crippen LogP contribution >= 0.6 is 0 Å². The van der Waals surface area contributed by atoms with E-state index in [0.717, 1.165) is 26.3 Å². The first kappa shape index (κ1) is 13.9. The van der Waals surface area contributed by atoms with Gasteiger partial charge in [-0.2, -0.15) is 0 Å². The summed E-state index contributed by atoms with van der Waals surface area (Å²) < 4.78 is 5.54. The molecule has 0 aromatic rings. The molecule has 2 N–H and O–H groups in total. The number of nitrogens with zero attached hydrogens (tertiary/aromatic N) is 1. The topological polar surface area (TPSA) is 38.5 Å². The van der Waals surface area contributed by atoms with Crippen LogP contribution in [0.5, 0.6) is 0 Å². The SMILES string of the molecule is CC1(C)COCCN1CC(C)(C)C(C)(C)N. The predicted octanol–water partition coefficient (Wildman–Crippen LogP) is 1.86. The molecule has 96 valence electrons. The third kappa shape index (κ3) is 2.96. The molecule has 0 bridgehead atoms. The Bertz CT molecular complexity index is 241. The first-order valence-electron chi connectivity index (χ1n) is 6.18. The van der Waals surface area contributed by atoms with Crippen molar-refractivity contribution in [2.24, 2.45) is 11.1 Å². The standard InChI is InChI=1S/C13H28N2O/c1-11(2,13(5,6)14)9-15-7-8-16-10-12(15,3)4/h7-10,14H2,1-6H3. The van der Waals surface area contributed by atoms with E-state index in [4.69, 9.17) is 10.5 Å². The summed E-state index contributed by atoms with van der Waals surface area (Å²) in [4.78, 5) is 2.51. The van der Waals surface area contributed by atoms with E-state index in [-0.39, 0.29) is 16.5 Å². The van der Waals surface area contributed by atoms with Gasteiger partial charge in [-0.15, -0.1) is 0 Å². The van der Waals surface area contributed by atoms with E-state index >= 15 is 0 Å². The quantitative estimate of drug-likeness (QED) is 0.801. The molecule has 0 aliphatic carbocycles. The van der Waals surface area contributed by atoms with Gasteiger partial charge in [0.1, 0.15) is 0 Å². The van der Waals surface area contributed by atoms with E-state index in [1.807, 2.05) is 0 Å². The van der Waals surface area contributed by atoms with Crippen LogP contribution in [-0.2, 0) is 4.74 Å². The van der Waals surface area contributed by atoms with Gasteiger partial charge in [-0.3, -0.25) is 4.90 Å². The molecule has 0 aromatic carbocycles. The van der Waals surface area contributed by atoms with Gasteiger partial charge < -0.3 is 10.5 Å². The highest BCUT2D eigenvalue weighted by atomic mass is 16.5. The van der Waals surface area contributed by atoms with Crippen molar-refractivity contribution in [2.45, 2.75) is 52.6 Å². The van der Waals surface area contributed by atoms with Crippen molar-refractivity contribution in [3.63, 3.8) is 0 Å². The van der Waals surface area contributed by atoms with Crippen LogP contribution in [-0.4, -0.2) is 42.3 Å². The first-order valence-corrected chi connectivity index (χ1v) is 6.18. The second-order valence-electron chi connectivity index (χ2n) is 6.89. The van der Waals surface area contributed by atoms with Crippen molar-refractivity contribution in [3.05, 3.63) is 0 Å². The molecule has 0 atom stereocenters. The summed E-state index contributed by atoms with van der Waals surface area (Å²) in [6.45, 7) is 16.9. The Morgan fingerprint density at radius 2 is 1.81 bits per heavy atom. The molecular weight excluding hydrogens is 200 g/mol. The summed E-state index contributed by atoms with van der Waals surface area (Å²) in [5.41, 5.74) is 6.32. The smallest absolute Gasteiger partial charge is 0.0645 e. The summed E-state index contributed by atoms with van der Waals surface area (Å²) in [7, 11) is 0. The van der Waals surface area contributed by atoms with Crippen LogP contribution in [0.4, 0.5) is 0 Å². The van der Waals surface area contributed by atoms with Gasteiger partial charge >= 0.3 is 0 Å². The number of rotatable bonds is 3. The van der Waals surface area contributed by atoms with Crippen LogP contribution in [0.2, 0.25) is 0 Å². The second kappa shape index (κ2) is 4.28. The summed E-state index contributed by atoms with van der Waals surface area (Å²) in [5.74, 6) is 0. The maximum absolute atomic E-state index is 6.26. The summed E-state index contributed by atoms with van der Waals surface area (Å²) in [6, 6.07) is 0. The number of hydrogen-bond donors (Lipinski definition) is 1. The molecule has 3 heteroatoms. The van der Waals surface area contributed by atoms with Crippen molar-refractivity contribution in [1.29, 1.82) is 0 Å². The van der Waals surface area contributed by atoms with E-state index in [2.05, 4.69) is 46.4 Å². The predicted molar refractivity (Wildman–Crippen MR) is 68.5 cm³/mol. The molecule has 0 aromatic heterocycles. The van der Waals surface area contributed by atoms with Gasteiger partial charge in [0, 0.05) is 24.2 Å². The fourth-order valence-electron chi connectivity index (χ4n) is 1.86. The first-order chi connectivity index (χ1) is 7.06. The van der Waals surface area contributed by atoms with Gasteiger partial charge in [-0.1, -0.05) is 13.8 Å². The Kier molecular flexibility index (Phi) is 3.73. The molecule has 0 saturated carbocycles. The second-order valence-corrected chi connectivity index (χ2v) is 6.89. The van der Waals surface area contributed by atoms with Crippen molar-refractivity contribution < 1.29 is 4.74 Å². The number of hydrogen-bond acceptors (Lipinski definition) is 3. The molecule has 0 radical (unpaired) electrons. The minimum absolute atomic E-state index is 0.0988. The van der Waals surface area contributed by atoms with Crippen LogP contribution in [0.25, 0.3) is 0 Å². The highest BCUT2D eigenvalue weighted by molar-refractivity contribution is 4.96. The molecular formula is C13H28N2O. The van der Waals surface area contributed by atoms with E-state index < -0.39 is 0 Å². The monoisotopic (exact) mass is 228 g/mol. The largest absolute Gasteiger partial charge is 0.378 e. The molecule has 16 heavy (non-hydrogen) atoms. The third-order valence-electron chi connectivity index (χ3n) is 4.15. The van der Waals surface area contributed by atoms with Crippen LogP contribution < -0.4 is 5.73 Å². The maximum atomic E-state index is 6.26. The van der Waals surface area contributed by atoms with Crippen molar-refractivity contribution in [3.8, 4) is 0 Å². The molecule has 1 heterocycles. The van der Waals surface area contributed by atoms with Crippen LogP contribution in [0, 0.1) is 5.41 Å². The van der Waals surface area contributed by atoms with Gasteiger partial charge in [0.25, 0.3) is 0 Å². The van der Waals surface area contributed by atoms with Crippen molar-refractivity contribution in [2.75, 3.05) is 26.3 Å². The van der Waals surface area contributed by atoms with Crippen molar-refractivity contribution in [1.82, 2.24) is 4.90 Å². The Labute approximate surface area is 100 Å². The molecule has 0 amide bonds. The van der Waals surface area contributed by atoms with E-state index in [0.29, 0.717) is 0 Å². The van der Waals surface area contributed by atoms with Gasteiger partial charge in [0.2, 0.25) is 0 Å². The van der Waals surface area contributed by atoms with E-state index in [9.17, 15) is 0 Å². The molecule has 0 unspecified atom stereocenters. The van der Waals surface area contributed by atoms with Gasteiger partial charge in [0.05, 0.1) is 13.2 Å². The van der Waals surface area contributed by atoms with Gasteiger partial charge in [0.15, 0.2) is 0 Å². The molecule has 3 nitrogen and oxygen atoms in total. The lowest BCUT2D eigenvalue weighted by atomic mass is 9.74. The Hall–Kier alpha value is -0.120. The molecule has 1 aliphatic heterocycles. The van der Waals surface area contributed by atoms with Crippen molar-refractivity contribution >= 4 is 0 Å². The lowest BCUT2D eigenvalue weighted by Gasteiger charge is -2.49. The number of morpholine rings is 1. The zero-order valence-electron chi connectivity index (χ0n) is 11.8. The fourth-order valence-corrected chi connectivity index (χ4v) is 1.86. The summed E-state index contributed by atoms with van der Waals surface area (Å²) in [6.07, 6.45) is 0. The Morgan fingerprint density at radius 1 is 1.25 bits per heavy atom. The zero-order valence-corrected chi connectivity index (χ0v) is 11.8. The molecule has 1 fully saturated rings. The Morgan fingerprint density at radius 3 is 2.25 bits per heavy atom. The minimum atomic E-state index is -0.165. The number of ether oxygens (including phenoxy) is 1. The summed E-state index contributed by atoms with van der Waals surface area (Å²) in [5, 5.41) is 0. The third-order valence-corrected chi connectivity index (χ3v) is 4.15. The highest BCUT2D eigenvalue weighted by Crippen LogP contribution is 2.32. The molecule has 1 saturated heterocycles. The van der Waals surface area contributed by atoms with Crippen LogP contribution in [0.1, 0.15) is 41.5 Å². The van der Waals surface area contributed by atoms with Gasteiger partial charge in [-0.05, 0) is 33.1 Å². The lowest BCUT2D eigenvalue weighted by Crippen LogP contribution is -2.60. The average molecular weight is 228 g/mol. The molecule has 1 aliphatic rings. The van der Waals surface area contributed by atoms with E-state index in [1.54, 1.807) is 0 Å². The normalized spacial score (nSPS) is 23.4. The Balaban J connectivity index is 2.72. The lowest BCUT2D eigenvalue weighted by molar-refractivity contribution is -0.0713. The van der Waals surface area contributed by atoms with Gasteiger partial charge in [-0.25, -0.2) is 0 Å². The summed E-state index contributed by atoms with van der Waals surface area (Å²) >= 11 is 0. The molecule has 0 spiro atoms. The minimum Gasteiger partial charge on any atom is -0.378 e. The zero-order chi connectivity index (χ0) is 12.6. The number of nitrogens with two attached hydrogens (primary N) is 1. The van der Waals surface area contributed by atoms with E-state index in [1.165, 1.54) is 0 Å². The fraction of sp³-hybridized carbons (Fsp3) is 1.00. The highest BCUT2D eigenvalue weighted by Gasteiger charge is 2.39. The van der Waals surface area contributed by atoms with Crippen LogP contribution in [0.15, 0.2) is 0 Å².